The molecule has 0 saturated carbocycles. The number of methoxy groups -OCH3 is 2. The molecule has 4 rings (SSSR count). The Bertz CT molecular complexity index is 920. The van der Waals surface area contributed by atoms with Crippen molar-refractivity contribution in [2.24, 2.45) is 12.5 Å². The zero-order valence-corrected chi connectivity index (χ0v) is 17.6. The maximum Gasteiger partial charge on any atom is 0.248 e. The third-order valence-electron chi connectivity index (χ3n) is 6.21. The van der Waals surface area contributed by atoms with Gasteiger partial charge in [-0.2, -0.15) is 0 Å². The second-order valence-electron chi connectivity index (χ2n) is 8.20. The molecule has 2 fully saturated rings. The number of nitrogens with zero attached hydrogens (tertiary/aromatic N) is 5. The van der Waals surface area contributed by atoms with E-state index in [1.54, 1.807) is 13.4 Å². The third kappa shape index (κ3) is 3.65. The molecule has 30 heavy (non-hydrogen) atoms. The van der Waals surface area contributed by atoms with Crippen molar-refractivity contribution in [1.29, 1.82) is 0 Å². The molecule has 3 heterocycles. The van der Waals surface area contributed by atoms with E-state index in [-0.39, 0.29) is 29.8 Å². The lowest BCUT2D eigenvalue weighted by Crippen LogP contribution is -2.62. The van der Waals surface area contributed by atoms with Crippen LogP contribution in [0.2, 0.25) is 0 Å². The Morgan fingerprint density at radius 2 is 1.80 bits per heavy atom. The molecule has 2 aliphatic rings. The van der Waals surface area contributed by atoms with Gasteiger partial charge in [0.15, 0.2) is 0 Å². The SMILES string of the molecule is COCC(=O)N1CC(c2nncn2C)C2(C1)CN(C(=O)Cc1ccc(OC)cc1)C2. The molecule has 1 spiro atoms. The van der Waals surface area contributed by atoms with Crippen molar-refractivity contribution < 1.29 is 19.1 Å². The van der Waals surface area contributed by atoms with Crippen LogP contribution >= 0.6 is 0 Å². The number of hydrogen-bond donors (Lipinski definition) is 0. The van der Waals surface area contributed by atoms with E-state index in [1.807, 2.05) is 45.7 Å². The number of benzene rings is 1. The first kappa shape index (κ1) is 20.3. The number of carbonyl (C=O) groups is 2. The molecule has 0 bridgehead atoms. The zero-order chi connectivity index (χ0) is 21.3. The zero-order valence-electron chi connectivity index (χ0n) is 17.6. The fraction of sp³-hybridized carbons (Fsp3) is 0.524. The third-order valence-corrected chi connectivity index (χ3v) is 6.21. The van der Waals surface area contributed by atoms with E-state index in [0.717, 1.165) is 17.1 Å². The lowest BCUT2D eigenvalue weighted by molar-refractivity contribution is -0.143. The number of likely N-dealkylation sites (tertiary alicyclic amines) is 2. The number of rotatable bonds is 6. The van der Waals surface area contributed by atoms with Crippen molar-refractivity contribution >= 4 is 11.8 Å². The highest BCUT2D eigenvalue weighted by Crippen LogP contribution is 2.48. The molecule has 2 saturated heterocycles. The van der Waals surface area contributed by atoms with Gasteiger partial charge in [0.2, 0.25) is 11.8 Å². The number of hydrogen-bond acceptors (Lipinski definition) is 6. The van der Waals surface area contributed by atoms with Crippen molar-refractivity contribution in [3.05, 3.63) is 42.0 Å². The summed E-state index contributed by atoms with van der Waals surface area (Å²) in [5.74, 6) is 1.71. The Labute approximate surface area is 175 Å². The predicted octanol–water partition coefficient (Wildman–Crippen LogP) is 0.467. The molecule has 2 aromatic rings. The second-order valence-corrected chi connectivity index (χ2v) is 8.20. The maximum absolute atomic E-state index is 12.8. The summed E-state index contributed by atoms with van der Waals surface area (Å²) in [6, 6.07) is 7.55. The largest absolute Gasteiger partial charge is 0.497 e. The van der Waals surface area contributed by atoms with Crippen molar-refractivity contribution in [1.82, 2.24) is 24.6 Å². The fourth-order valence-electron chi connectivity index (χ4n) is 4.58. The molecule has 1 aromatic heterocycles. The van der Waals surface area contributed by atoms with Crippen LogP contribution < -0.4 is 4.74 Å². The van der Waals surface area contributed by atoms with Gasteiger partial charge in [0.1, 0.15) is 24.5 Å². The Balaban J connectivity index is 1.46. The van der Waals surface area contributed by atoms with Crippen LogP contribution in [0, 0.1) is 5.41 Å². The molecule has 0 radical (unpaired) electrons. The molecule has 0 aliphatic carbocycles. The van der Waals surface area contributed by atoms with Crippen LogP contribution in [0.25, 0.3) is 0 Å². The van der Waals surface area contributed by atoms with Crippen LogP contribution in [0.5, 0.6) is 5.75 Å². The van der Waals surface area contributed by atoms with Crippen molar-refractivity contribution in [3.63, 3.8) is 0 Å². The number of amides is 2. The normalized spacial score (nSPS) is 19.8. The van der Waals surface area contributed by atoms with E-state index in [9.17, 15) is 9.59 Å². The highest BCUT2D eigenvalue weighted by Gasteiger charge is 2.57. The molecular weight excluding hydrogens is 386 g/mol. The Hall–Kier alpha value is -2.94. The molecular formula is C21H27N5O4. The average Bonchev–Trinajstić information content (AvgIpc) is 3.31. The van der Waals surface area contributed by atoms with Gasteiger partial charge in [0.25, 0.3) is 0 Å². The maximum atomic E-state index is 12.8. The summed E-state index contributed by atoms with van der Waals surface area (Å²) in [6.07, 6.45) is 2.02. The minimum Gasteiger partial charge on any atom is -0.497 e. The molecule has 1 unspecified atom stereocenters. The van der Waals surface area contributed by atoms with Gasteiger partial charge in [-0.3, -0.25) is 9.59 Å². The van der Waals surface area contributed by atoms with Crippen LogP contribution in [0.1, 0.15) is 17.3 Å². The van der Waals surface area contributed by atoms with Gasteiger partial charge in [-0.05, 0) is 17.7 Å². The summed E-state index contributed by atoms with van der Waals surface area (Å²) in [4.78, 5) is 29.0. The number of aryl methyl sites for hydroxylation is 1. The smallest absolute Gasteiger partial charge is 0.248 e. The lowest BCUT2D eigenvalue weighted by atomic mass is 9.71. The summed E-state index contributed by atoms with van der Waals surface area (Å²) >= 11 is 0. The van der Waals surface area contributed by atoms with E-state index < -0.39 is 0 Å². The number of carbonyl (C=O) groups excluding carboxylic acids is 2. The van der Waals surface area contributed by atoms with Crippen LogP contribution in [0.3, 0.4) is 0 Å². The topological polar surface area (TPSA) is 89.8 Å². The van der Waals surface area contributed by atoms with Gasteiger partial charge in [-0.1, -0.05) is 12.1 Å². The summed E-state index contributed by atoms with van der Waals surface area (Å²) in [5.41, 5.74) is 0.759. The first-order chi connectivity index (χ1) is 14.5. The second kappa shape index (κ2) is 8.06. The first-order valence-electron chi connectivity index (χ1n) is 9.97. The average molecular weight is 413 g/mol. The van der Waals surface area contributed by atoms with Gasteiger partial charge in [-0.15, -0.1) is 10.2 Å². The van der Waals surface area contributed by atoms with Crippen molar-refractivity contribution in [3.8, 4) is 5.75 Å². The highest BCUT2D eigenvalue weighted by molar-refractivity contribution is 5.81. The summed E-state index contributed by atoms with van der Waals surface area (Å²) in [6.45, 7) is 2.43. The quantitative estimate of drug-likeness (QED) is 0.684. The van der Waals surface area contributed by atoms with E-state index in [2.05, 4.69) is 10.2 Å². The minimum absolute atomic E-state index is 0.0375. The van der Waals surface area contributed by atoms with Gasteiger partial charge in [0.05, 0.1) is 13.5 Å². The van der Waals surface area contributed by atoms with Gasteiger partial charge in [0, 0.05) is 51.7 Å². The standard InChI is InChI=1S/C21H27N5O4/c1-24-14-22-23-20(24)17-9-25(19(28)10-29-2)11-21(17)12-26(13-21)18(27)8-15-4-6-16(30-3)7-5-15/h4-7,14,17H,8-13H2,1-3H3. The van der Waals surface area contributed by atoms with E-state index in [1.165, 1.54) is 7.11 Å². The molecule has 1 atom stereocenters. The molecule has 9 heteroatoms. The van der Waals surface area contributed by atoms with Crippen LogP contribution in [-0.4, -0.2) is 83.4 Å². The van der Waals surface area contributed by atoms with E-state index in [4.69, 9.17) is 9.47 Å². The monoisotopic (exact) mass is 413 g/mol. The lowest BCUT2D eigenvalue weighted by Gasteiger charge is -2.50. The number of ether oxygens (including phenoxy) is 2. The van der Waals surface area contributed by atoms with Crippen LogP contribution in [0.15, 0.2) is 30.6 Å². The molecule has 2 aliphatic heterocycles. The summed E-state index contributed by atoms with van der Waals surface area (Å²) < 4.78 is 12.1. The number of aromatic nitrogens is 3. The van der Waals surface area contributed by atoms with Crippen molar-refractivity contribution in [2.75, 3.05) is 47.0 Å². The fourth-order valence-corrected chi connectivity index (χ4v) is 4.58. The van der Waals surface area contributed by atoms with Crippen molar-refractivity contribution in [2.45, 2.75) is 12.3 Å². The molecule has 9 nitrogen and oxygen atoms in total. The van der Waals surface area contributed by atoms with Crippen LogP contribution in [0.4, 0.5) is 0 Å². The molecule has 160 valence electrons. The molecule has 0 N–H and O–H groups in total. The van der Waals surface area contributed by atoms with Gasteiger partial charge >= 0.3 is 0 Å². The Morgan fingerprint density at radius 1 is 1.10 bits per heavy atom. The first-order valence-corrected chi connectivity index (χ1v) is 9.97. The van der Waals surface area contributed by atoms with Gasteiger partial charge < -0.3 is 23.8 Å². The van der Waals surface area contributed by atoms with E-state index >= 15 is 0 Å². The predicted molar refractivity (Wildman–Crippen MR) is 108 cm³/mol. The Morgan fingerprint density at radius 3 is 2.40 bits per heavy atom. The summed E-state index contributed by atoms with van der Waals surface area (Å²) in [7, 11) is 5.05. The molecule has 2 amide bonds. The Kier molecular flexibility index (Phi) is 5.46. The van der Waals surface area contributed by atoms with Crippen LogP contribution in [-0.2, 0) is 27.8 Å². The highest BCUT2D eigenvalue weighted by atomic mass is 16.5. The van der Waals surface area contributed by atoms with Gasteiger partial charge in [-0.25, -0.2) is 0 Å². The minimum atomic E-state index is -0.195. The summed E-state index contributed by atoms with van der Waals surface area (Å²) in [5, 5.41) is 8.31. The molecule has 1 aromatic carbocycles. The van der Waals surface area contributed by atoms with E-state index in [0.29, 0.717) is 32.6 Å².